The van der Waals surface area contributed by atoms with Gasteiger partial charge in [0.1, 0.15) is 4.64 Å². The van der Waals surface area contributed by atoms with E-state index >= 15 is 0 Å². The number of carbonyl (C=O) groups is 1. The van der Waals surface area contributed by atoms with Crippen LogP contribution in [0.2, 0.25) is 0 Å². The van der Waals surface area contributed by atoms with Crippen LogP contribution in [0.3, 0.4) is 0 Å². The van der Waals surface area contributed by atoms with Crippen molar-refractivity contribution in [1.82, 2.24) is 4.73 Å². The molecule has 0 radical (unpaired) electrons. The monoisotopic (exact) mass is 311 g/mol. The first-order valence-corrected chi connectivity index (χ1v) is 8.08. The van der Waals surface area contributed by atoms with Gasteiger partial charge in [-0.1, -0.05) is 48.6 Å². The number of pyridine rings is 1. The standard InChI is InChI=1S/C18H17NO2S/c20-17(21-19-11-5-4-8-16(19)22)18(10-9-13-12-15(13)18)14-6-2-1-3-7-14/h1-8,11,13,15H,9-10,12H2. The van der Waals surface area contributed by atoms with Crippen LogP contribution < -0.4 is 4.84 Å². The highest BCUT2D eigenvalue weighted by molar-refractivity contribution is 7.71. The lowest BCUT2D eigenvalue weighted by atomic mass is 9.76. The minimum absolute atomic E-state index is 0.175. The molecule has 22 heavy (non-hydrogen) atoms. The number of hydrogen-bond acceptors (Lipinski definition) is 3. The Balaban J connectivity index is 1.72. The largest absolute Gasteiger partial charge is 0.343 e. The van der Waals surface area contributed by atoms with Crippen LogP contribution in [-0.2, 0) is 10.2 Å². The Bertz CT molecular complexity index is 770. The molecule has 2 fully saturated rings. The molecule has 1 aromatic carbocycles. The zero-order valence-corrected chi connectivity index (χ0v) is 13.0. The highest BCUT2D eigenvalue weighted by Crippen LogP contribution is 2.63. The second kappa shape index (κ2) is 5.06. The summed E-state index contributed by atoms with van der Waals surface area (Å²) in [7, 11) is 0. The molecule has 112 valence electrons. The number of rotatable bonds is 3. The number of hydrogen-bond donors (Lipinski definition) is 0. The number of nitrogens with zero attached hydrogens (tertiary/aromatic N) is 1. The minimum atomic E-state index is -0.503. The van der Waals surface area contributed by atoms with Crippen LogP contribution in [0.15, 0.2) is 54.7 Å². The number of aromatic nitrogens is 1. The average Bonchev–Trinajstić information content (AvgIpc) is 3.24. The van der Waals surface area contributed by atoms with E-state index in [4.69, 9.17) is 17.1 Å². The Hall–Kier alpha value is -1.94. The Morgan fingerprint density at radius 3 is 2.59 bits per heavy atom. The molecule has 3 atom stereocenters. The predicted molar refractivity (Wildman–Crippen MR) is 85.8 cm³/mol. The fourth-order valence-corrected chi connectivity index (χ4v) is 4.07. The molecule has 0 aliphatic heterocycles. The molecule has 2 saturated carbocycles. The summed E-state index contributed by atoms with van der Waals surface area (Å²) in [5, 5.41) is 0. The van der Waals surface area contributed by atoms with Gasteiger partial charge in [0.2, 0.25) is 0 Å². The van der Waals surface area contributed by atoms with E-state index in [-0.39, 0.29) is 5.97 Å². The maximum Gasteiger partial charge on any atom is 0.343 e. The molecule has 0 amide bonds. The van der Waals surface area contributed by atoms with Gasteiger partial charge in [0.15, 0.2) is 0 Å². The van der Waals surface area contributed by atoms with Crippen molar-refractivity contribution >= 4 is 18.2 Å². The second-order valence-corrected chi connectivity index (χ2v) is 6.64. The molecule has 4 rings (SSSR count). The van der Waals surface area contributed by atoms with E-state index in [0.29, 0.717) is 16.5 Å². The SMILES string of the molecule is O=C(On1ccccc1=S)C1(c2ccccc2)CCC2CC21. The smallest absolute Gasteiger partial charge is 0.335 e. The number of carbonyl (C=O) groups excluding carboxylic acids is 1. The van der Waals surface area contributed by atoms with Crippen molar-refractivity contribution in [3.8, 4) is 0 Å². The molecule has 4 heteroatoms. The van der Waals surface area contributed by atoms with Gasteiger partial charge in [-0.15, -0.1) is 0 Å². The second-order valence-electron chi connectivity index (χ2n) is 6.22. The van der Waals surface area contributed by atoms with Crippen LogP contribution in [0.25, 0.3) is 0 Å². The van der Waals surface area contributed by atoms with Gasteiger partial charge in [0, 0.05) is 6.20 Å². The van der Waals surface area contributed by atoms with E-state index in [0.717, 1.165) is 24.8 Å². The Morgan fingerprint density at radius 2 is 1.95 bits per heavy atom. The zero-order chi connectivity index (χ0) is 15.2. The van der Waals surface area contributed by atoms with Crippen LogP contribution in [0.1, 0.15) is 24.8 Å². The van der Waals surface area contributed by atoms with Crippen LogP contribution in [0.4, 0.5) is 0 Å². The third-order valence-electron chi connectivity index (χ3n) is 5.09. The molecular weight excluding hydrogens is 294 g/mol. The molecule has 2 aromatic rings. The summed E-state index contributed by atoms with van der Waals surface area (Å²) in [6.07, 6.45) is 4.79. The lowest BCUT2D eigenvalue weighted by Gasteiger charge is -2.29. The van der Waals surface area contributed by atoms with Crippen LogP contribution >= 0.6 is 12.2 Å². The molecule has 1 heterocycles. The van der Waals surface area contributed by atoms with Crippen LogP contribution in [0, 0.1) is 16.5 Å². The first-order chi connectivity index (χ1) is 10.7. The summed E-state index contributed by atoms with van der Waals surface area (Å²) in [5.41, 5.74) is 0.573. The fourth-order valence-electron chi connectivity index (χ4n) is 3.89. The summed E-state index contributed by atoms with van der Waals surface area (Å²) >= 11 is 5.22. The quantitative estimate of drug-likeness (QED) is 0.813. The van der Waals surface area contributed by atoms with Crippen molar-refractivity contribution < 1.29 is 9.63 Å². The van der Waals surface area contributed by atoms with Crippen molar-refractivity contribution in [3.05, 3.63) is 64.9 Å². The van der Waals surface area contributed by atoms with E-state index in [1.807, 2.05) is 42.5 Å². The van der Waals surface area contributed by atoms with E-state index in [9.17, 15) is 4.79 Å². The van der Waals surface area contributed by atoms with Crippen molar-refractivity contribution in [3.63, 3.8) is 0 Å². The van der Waals surface area contributed by atoms with E-state index < -0.39 is 5.41 Å². The van der Waals surface area contributed by atoms with Gasteiger partial charge in [-0.25, -0.2) is 4.79 Å². The Labute approximate surface area is 134 Å². The van der Waals surface area contributed by atoms with Gasteiger partial charge in [-0.05, 0) is 48.8 Å². The highest BCUT2D eigenvalue weighted by atomic mass is 32.1. The van der Waals surface area contributed by atoms with Crippen molar-refractivity contribution in [2.45, 2.75) is 24.7 Å². The van der Waals surface area contributed by atoms with Crippen LogP contribution in [0.5, 0.6) is 0 Å². The molecule has 0 N–H and O–H groups in total. The molecule has 2 aliphatic carbocycles. The predicted octanol–water partition coefficient (Wildman–Crippen LogP) is 3.54. The minimum Gasteiger partial charge on any atom is -0.335 e. The third kappa shape index (κ3) is 2.02. The molecule has 3 nitrogen and oxygen atoms in total. The van der Waals surface area contributed by atoms with Crippen molar-refractivity contribution in [2.24, 2.45) is 11.8 Å². The normalized spacial score (nSPS) is 28.9. The molecule has 0 spiro atoms. The summed E-state index contributed by atoms with van der Waals surface area (Å²) in [5.74, 6) is 0.919. The maximum atomic E-state index is 13.0. The van der Waals surface area contributed by atoms with Gasteiger partial charge >= 0.3 is 5.97 Å². The zero-order valence-electron chi connectivity index (χ0n) is 12.1. The highest BCUT2D eigenvalue weighted by Gasteiger charge is 2.63. The lowest BCUT2D eigenvalue weighted by molar-refractivity contribution is -0.152. The molecular formula is C18H17NO2S. The first-order valence-electron chi connectivity index (χ1n) is 7.68. The maximum absolute atomic E-state index is 13.0. The van der Waals surface area contributed by atoms with Gasteiger partial charge in [-0.3, -0.25) is 0 Å². The van der Waals surface area contributed by atoms with Gasteiger partial charge < -0.3 is 4.84 Å². The first kappa shape index (κ1) is 13.7. The summed E-state index contributed by atoms with van der Waals surface area (Å²) in [6, 6.07) is 15.5. The van der Waals surface area contributed by atoms with E-state index in [2.05, 4.69) is 0 Å². The number of fused-ring (bicyclic) bond motifs is 1. The topological polar surface area (TPSA) is 31.2 Å². The molecule has 2 aliphatic rings. The Kier molecular flexibility index (Phi) is 3.15. The van der Waals surface area contributed by atoms with Crippen molar-refractivity contribution in [1.29, 1.82) is 0 Å². The van der Waals surface area contributed by atoms with Crippen molar-refractivity contribution in [2.75, 3.05) is 0 Å². The van der Waals surface area contributed by atoms with Gasteiger partial charge in [-0.2, -0.15) is 4.73 Å². The van der Waals surface area contributed by atoms with Crippen LogP contribution in [-0.4, -0.2) is 10.7 Å². The summed E-state index contributed by atoms with van der Waals surface area (Å²) in [6.45, 7) is 0. The van der Waals surface area contributed by atoms with E-state index in [1.165, 1.54) is 4.73 Å². The summed E-state index contributed by atoms with van der Waals surface area (Å²) in [4.78, 5) is 18.7. The molecule has 1 aromatic heterocycles. The molecule has 0 bridgehead atoms. The summed E-state index contributed by atoms with van der Waals surface area (Å²) < 4.78 is 1.90. The lowest BCUT2D eigenvalue weighted by Crippen LogP contribution is -2.42. The average molecular weight is 311 g/mol. The molecule has 3 unspecified atom stereocenters. The Morgan fingerprint density at radius 1 is 1.18 bits per heavy atom. The molecule has 0 saturated heterocycles. The number of benzene rings is 1. The third-order valence-corrected chi connectivity index (χ3v) is 5.40. The fraction of sp³-hybridized carbons (Fsp3) is 0.333. The van der Waals surface area contributed by atoms with Gasteiger partial charge in [0.05, 0.1) is 5.41 Å². The van der Waals surface area contributed by atoms with E-state index in [1.54, 1.807) is 12.3 Å². The van der Waals surface area contributed by atoms with Gasteiger partial charge in [0.25, 0.3) is 0 Å².